The lowest BCUT2D eigenvalue weighted by atomic mass is 10.1. The van der Waals surface area contributed by atoms with Crippen LogP contribution >= 0.6 is 0 Å². The number of carbonyl (C=O) groups is 2. The molecule has 0 unspecified atom stereocenters. The number of carboxylic acids is 1. The molecule has 5 nitrogen and oxygen atoms in total. The minimum absolute atomic E-state index is 0.0698. The van der Waals surface area contributed by atoms with Gasteiger partial charge in [0.2, 0.25) is 0 Å². The largest absolute Gasteiger partial charge is 0.478 e. The van der Waals surface area contributed by atoms with Crippen molar-refractivity contribution in [3.8, 4) is 5.69 Å². The Bertz CT molecular complexity index is 1150. The maximum Gasteiger partial charge on any atom is 0.418 e. The Morgan fingerprint density at radius 3 is 2.27 bits per heavy atom. The molecule has 0 aliphatic rings. The molecule has 3 aromatic rings. The van der Waals surface area contributed by atoms with Crippen molar-refractivity contribution in [1.29, 1.82) is 0 Å². The van der Waals surface area contributed by atoms with Gasteiger partial charge in [0.25, 0.3) is 5.91 Å². The number of hydrogen-bond acceptors (Lipinski definition) is 2. The number of aromatic carboxylic acids is 1. The zero-order chi connectivity index (χ0) is 22.2. The van der Waals surface area contributed by atoms with Crippen molar-refractivity contribution >= 4 is 17.6 Å². The Morgan fingerprint density at radius 1 is 0.967 bits per heavy atom. The number of benzene rings is 2. The van der Waals surface area contributed by atoms with E-state index in [1.165, 1.54) is 34.9 Å². The van der Waals surface area contributed by atoms with Crippen LogP contribution in [0.3, 0.4) is 0 Å². The van der Waals surface area contributed by atoms with Gasteiger partial charge in [0.15, 0.2) is 0 Å². The van der Waals surface area contributed by atoms with Crippen LogP contribution in [0.5, 0.6) is 0 Å². The van der Waals surface area contributed by atoms with Crippen LogP contribution in [0.4, 0.5) is 18.9 Å². The highest BCUT2D eigenvalue weighted by Gasteiger charge is 2.34. The number of halogens is 3. The number of aryl methyl sites for hydroxylation is 2. The van der Waals surface area contributed by atoms with E-state index < -0.39 is 23.6 Å². The molecule has 0 bridgehead atoms. The topological polar surface area (TPSA) is 71.3 Å². The van der Waals surface area contributed by atoms with Gasteiger partial charge in [0.1, 0.15) is 0 Å². The van der Waals surface area contributed by atoms with Gasteiger partial charge in [-0.05, 0) is 50.6 Å². The molecule has 1 heterocycles. The number of nitrogens with one attached hydrogen (secondary N) is 1. The van der Waals surface area contributed by atoms with E-state index in [0.29, 0.717) is 17.0 Å². The number of carbonyl (C=O) groups excluding carboxylic acids is 1. The summed E-state index contributed by atoms with van der Waals surface area (Å²) in [5, 5.41) is 12.0. The van der Waals surface area contributed by atoms with Crippen LogP contribution in [-0.4, -0.2) is 21.6 Å². The first-order valence-electron chi connectivity index (χ1n) is 9.02. The zero-order valence-electron chi connectivity index (χ0n) is 16.5. The number of carboxylic acid groups (broad SMARTS) is 1. The molecule has 156 valence electrons. The van der Waals surface area contributed by atoms with Gasteiger partial charge < -0.3 is 15.0 Å². The number of rotatable bonds is 4. The summed E-state index contributed by atoms with van der Waals surface area (Å²) in [5.41, 5.74) is 0.648. The number of hydrogen-bond donors (Lipinski definition) is 2. The molecular formula is C22H19F3N2O3. The predicted molar refractivity (Wildman–Crippen MR) is 106 cm³/mol. The summed E-state index contributed by atoms with van der Waals surface area (Å²) in [6.45, 7) is 4.81. The first-order chi connectivity index (χ1) is 14.0. The summed E-state index contributed by atoms with van der Waals surface area (Å²) in [6.07, 6.45) is -4.56. The second-order valence-electron chi connectivity index (χ2n) is 6.89. The minimum Gasteiger partial charge on any atom is -0.478 e. The molecule has 1 amide bonds. The fourth-order valence-corrected chi connectivity index (χ4v) is 3.46. The van der Waals surface area contributed by atoms with E-state index in [1.54, 1.807) is 32.9 Å². The quantitative estimate of drug-likeness (QED) is 0.601. The van der Waals surface area contributed by atoms with Crippen LogP contribution in [-0.2, 0) is 6.18 Å². The standard InChI is InChI=1S/C22H19F3N2O3/c1-12-7-6-8-15(21(29)30)19(12)26-20(28)16-11-13(2)27(14(16)3)18-10-5-4-9-17(18)22(23,24)25/h4-11H,1-3H3,(H,26,28)(H,29,30). The highest BCUT2D eigenvalue weighted by molar-refractivity contribution is 6.09. The van der Waals surface area contributed by atoms with Crippen LogP contribution in [0.1, 0.15) is 43.2 Å². The third kappa shape index (κ3) is 3.80. The van der Waals surface area contributed by atoms with Gasteiger partial charge >= 0.3 is 12.1 Å². The molecule has 0 fully saturated rings. The van der Waals surface area contributed by atoms with Gasteiger partial charge in [0.05, 0.1) is 28.1 Å². The molecule has 30 heavy (non-hydrogen) atoms. The number of nitrogens with zero attached hydrogens (tertiary/aromatic N) is 1. The average Bonchev–Trinajstić information content (AvgIpc) is 2.96. The van der Waals surface area contributed by atoms with Gasteiger partial charge in [-0.3, -0.25) is 4.79 Å². The van der Waals surface area contributed by atoms with Crippen molar-refractivity contribution in [3.63, 3.8) is 0 Å². The third-order valence-electron chi connectivity index (χ3n) is 4.87. The van der Waals surface area contributed by atoms with Gasteiger partial charge in [-0.1, -0.05) is 24.3 Å². The predicted octanol–water partition coefficient (Wildman–Crippen LogP) is 5.37. The highest BCUT2D eigenvalue weighted by atomic mass is 19.4. The van der Waals surface area contributed by atoms with Crippen molar-refractivity contribution in [2.75, 3.05) is 5.32 Å². The number of anilines is 1. The van der Waals surface area contributed by atoms with E-state index in [-0.39, 0.29) is 22.5 Å². The minimum atomic E-state index is -4.56. The molecule has 2 N–H and O–H groups in total. The van der Waals surface area contributed by atoms with Crippen molar-refractivity contribution in [3.05, 3.63) is 82.2 Å². The van der Waals surface area contributed by atoms with Gasteiger partial charge in [-0.15, -0.1) is 0 Å². The summed E-state index contributed by atoms with van der Waals surface area (Å²) in [6, 6.07) is 11.2. The molecule has 1 aromatic heterocycles. The first kappa shape index (κ1) is 21.2. The smallest absolute Gasteiger partial charge is 0.418 e. The van der Waals surface area contributed by atoms with E-state index in [2.05, 4.69) is 5.32 Å². The van der Waals surface area contributed by atoms with Crippen molar-refractivity contribution in [2.45, 2.75) is 26.9 Å². The summed E-state index contributed by atoms with van der Waals surface area (Å²) in [4.78, 5) is 24.4. The van der Waals surface area contributed by atoms with Crippen LogP contribution in [0, 0.1) is 20.8 Å². The van der Waals surface area contributed by atoms with Gasteiger partial charge in [0, 0.05) is 11.4 Å². The fraction of sp³-hybridized carbons (Fsp3) is 0.182. The third-order valence-corrected chi connectivity index (χ3v) is 4.87. The van der Waals surface area contributed by atoms with E-state index >= 15 is 0 Å². The summed E-state index contributed by atoms with van der Waals surface area (Å²) >= 11 is 0. The van der Waals surface area contributed by atoms with Crippen LogP contribution in [0.2, 0.25) is 0 Å². The van der Waals surface area contributed by atoms with E-state index in [9.17, 15) is 27.9 Å². The van der Waals surface area contributed by atoms with Gasteiger partial charge in [-0.2, -0.15) is 13.2 Å². The molecule has 0 saturated carbocycles. The molecule has 8 heteroatoms. The monoisotopic (exact) mass is 416 g/mol. The normalized spacial score (nSPS) is 11.4. The van der Waals surface area contributed by atoms with Crippen molar-refractivity contribution in [2.24, 2.45) is 0 Å². The maximum atomic E-state index is 13.5. The second kappa shape index (κ2) is 7.70. The lowest BCUT2D eigenvalue weighted by molar-refractivity contribution is -0.137. The van der Waals surface area contributed by atoms with E-state index in [4.69, 9.17) is 0 Å². The Kier molecular flexibility index (Phi) is 5.43. The molecule has 0 radical (unpaired) electrons. The molecule has 0 aliphatic carbocycles. The van der Waals surface area contributed by atoms with Crippen molar-refractivity contribution in [1.82, 2.24) is 4.57 Å². The molecule has 0 spiro atoms. The molecule has 0 atom stereocenters. The van der Waals surface area contributed by atoms with Gasteiger partial charge in [-0.25, -0.2) is 4.79 Å². The molecule has 3 rings (SSSR count). The number of alkyl halides is 3. The second-order valence-corrected chi connectivity index (χ2v) is 6.89. The van der Waals surface area contributed by atoms with Crippen molar-refractivity contribution < 1.29 is 27.9 Å². The Labute approximate surface area is 170 Å². The number of amides is 1. The zero-order valence-corrected chi connectivity index (χ0v) is 16.5. The van der Waals surface area contributed by atoms with Crippen LogP contribution in [0.25, 0.3) is 5.69 Å². The Morgan fingerprint density at radius 2 is 1.63 bits per heavy atom. The fourth-order valence-electron chi connectivity index (χ4n) is 3.46. The number of aromatic nitrogens is 1. The maximum absolute atomic E-state index is 13.5. The summed E-state index contributed by atoms with van der Waals surface area (Å²) in [7, 11) is 0. The molecule has 2 aromatic carbocycles. The average molecular weight is 416 g/mol. The lowest BCUT2D eigenvalue weighted by Gasteiger charge is -2.17. The first-order valence-corrected chi connectivity index (χ1v) is 9.02. The Balaban J connectivity index is 2.07. The number of para-hydroxylation sites is 2. The van der Waals surface area contributed by atoms with E-state index in [0.717, 1.165) is 6.07 Å². The van der Waals surface area contributed by atoms with Crippen LogP contribution < -0.4 is 5.32 Å². The van der Waals surface area contributed by atoms with E-state index in [1.807, 2.05) is 0 Å². The Hall–Kier alpha value is -3.55. The molecule has 0 saturated heterocycles. The SMILES string of the molecule is Cc1cccc(C(=O)O)c1NC(=O)c1cc(C)n(-c2ccccc2C(F)(F)F)c1C. The van der Waals surface area contributed by atoms with Crippen LogP contribution in [0.15, 0.2) is 48.5 Å². The molecular weight excluding hydrogens is 397 g/mol. The summed E-state index contributed by atoms with van der Waals surface area (Å²) in [5.74, 6) is -1.80. The summed E-state index contributed by atoms with van der Waals surface area (Å²) < 4.78 is 41.8. The highest BCUT2D eigenvalue weighted by Crippen LogP contribution is 2.35. The lowest BCUT2D eigenvalue weighted by Crippen LogP contribution is -2.17. The molecule has 0 aliphatic heterocycles.